The number of carbonyl (C=O) groups excluding carboxylic acids is 1. The molecule has 1 N–H and O–H groups in total. The number of hydrogen-bond donors (Lipinski definition) is 1. The van der Waals surface area contributed by atoms with Crippen LogP contribution in [0.15, 0.2) is 0 Å². The number of ether oxygens (including phenoxy) is 1. The van der Waals surface area contributed by atoms with Gasteiger partial charge >= 0.3 is 0 Å². The van der Waals surface area contributed by atoms with Crippen molar-refractivity contribution in [2.75, 3.05) is 13.2 Å². The second kappa shape index (κ2) is 5.83. The molecule has 1 amide bonds. The van der Waals surface area contributed by atoms with Gasteiger partial charge in [-0.25, -0.2) is 0 Å². The maximum Gasteiger partial charge on any atom is 0.240 e. The Bertz CT molecular complexity index is 264. The molecule has 2 heterocycles. The molecule has 0 radical (unpaired) electrons. The topological polar surface area (TPSA) is 41.6 Å². The number of rotatable bonds is 5. The molecule has 2 aliphatic heterocycles. The molecule has 2 rings (SSSR count). The SMILES string of the molecule is CCCC1NC(C)C(=O)N1CCC1CCCO1. The molecule has 0 aromatic carbocycles. The third kappa shape index (κ3) is 2.99. The molecular formula is C13H24N2O2. The molecular weight excluding hydrogens is 216 g/mol. The van der Waals surface area contributed by atoms with Gasteiger partial charge in [-0.2, -0.15) is 0 Å². The number of amides is 1. The average molecular weight is 240 g/mol. The van der Waals surface area contributed by atoms with Crippen LogP contribution in [0.4, 0.5) is 0 Å². The van der Waals surface area contributed by atoms with Gasteiger partial charge in [0.05, 0.1) is 18.3 Å². The Hall–Kier alpha value is -0.610. The van der Waals surface area contributed by atoms with Gasteiger partial charge in [0.25, 0.3) is 0 Å². The van der Waals surface area contributed by atoms with E-state index in [1.54, 1.807) is 0 Å². The van der Waals surface area contributed by atoms with Crippen molar-refractivity contribution in [2.45, 2.75) is 64.3 Å². The van der Waals surface area contributed by atoms with E-state index >= 15 is 0 Å². The molecule has 0 saturated carbocycles. The number of nitrogens with one attached hydrogen (secondary N) is 1. The molecule has 3 atom stereocenters. The van der Waals surface area contributed by atoms with E-state index in [1.165, 1.54) is 6.42 Å². The number of hydrogen-bond acceptors (Lipinski definition) is 3. The van der Waals surface area contributed by atoms with Crippen LogP contribution in [0, 0.1) is 0 Å². The van der Waals surface area contributed by atoms with E-state index in [0.29, 0.717) is 6.10 Å². The summed E-state index contributed by atoms with van der Waals surface area (Å²) in [7, 11) is 0. The first kappa shape index (κ1) is 12.8. The van der Waals surface area contributed by atoms with E-state index in [-0.39, 0.29) is 18.1 Å². The molecule has 2 fully saturated rings. The lowest BCUT2D eigenvalue weighted by Gasteiger charge is -2.25. The molecule has 0 aromatic rings. The van der Waals surface area contributed by atoms with Crippen LogP contribution in [0.2, 0.25) is 0 Å². The van der Waals surface area contributed by atoms with Gasteiger partial charge in [0.1, 0.15) is 0 Å². The van der Waals surface area contributed by atoms with Gasteiger partial charge in [-0.15, -0.1) is 0 Å². The van der Waals surface area contributed by atoms with Crippen molar-refractivity contribution in [3.8, 4) is 0 Å². The quantitative estimate of drug-likeness (QED) is 0.792. The Morgan fingerprint density at radius 2 is 2.29 bits per heavy atom. The van der Waals surface area contributed by atoms with Crippen LogP contribution in [-0.4, -0.2) is 42.3 Å². The molecule has 4 heteroatoms. The van der Waals surface area contributed by atoms with Crippen molar-refractivity contribution < 1.29 is 9.53 Å². The Labute approximate surface area is 104 Å². The maximum absolute atomic E-state index is 12.0. The van der Waals surface area contributed by atoms with E-state index < -0.39 is 0 Å². The largest absolute Gasteiger partial charge is 0.378 e. The molecule has 4 nitrogen and oxygen atoms in total. The van der Waals surface area contributed by atoms with Gasteiger partial charge in [0, 0.05) is 13.2 Å². The predicted molar refractivity (Wildman–Crippen MR) is 66.6 cm³/mol. The molecule has 0 bridgehead atoms. The van der Waals surface area contributed by atoms with Gasteiger partial charge < -0.3 is 9.64 Å². The Morgan fingerprint density at radius 3 is 2.94 bits per heavy atom. The zero-order chi connectivity index (χ0) is 12.3. The predicted octanol–water partition coefficient (Wildman–Crippen LogP) is 1.50. The minimum Gasteiger partial charge on any atom is -0.378 e. The minimum absolute atomic E-state index is 0.0175. The first-order chi connectivity index (χ1) is 8.22. The lowest BCUT2D eigenvalue weighted by atomic mass is 10.1. The Morgan fingerprint density at radius 1 is 1.47 bits per heavy atom. The van der Waals surface area contributed by atoms with Crippen LogP contribution in [0.5, 0.6) is 0 Å². The van der Waals surface area contributed by atoms with Gasteiger partial charge in [0.2, 0.25) is 5.91 Å². The summed E-state index contributed by atoms with van der Waals surface area (Å²) in [5, 5.41) is 3.37. The van der Waals surface area contributed by atoms with Crippen LogP contribution in [0.3, 0.4) is 0 Å². The van der Waals surface area contributed by atoms with Gasteiger partial charge in [-0.05, 0) is 32.6 Å². The van der Waals surface area contributed by atoms with Crippen molar-refractivity contribution in [1.82, 2.24) is 10.2 Å². The highest BCUT2D eigenvalue weighted by molar-refractivity contribution is 5.83. The van der Waals surface area contributed by atoms with E-state index in [0.717, 1.165) is 38.8 Å². The van der Waals surface area contributed by atoms with Crippen molar-refractivity contribution in [3.63, 3.8) is 0 Å². The summed E-state index contributed by atoms with van der Waals surface area (Å²) in [5.74, 6) is 0.251. The normalized spacial score (nSPS) is 33.6. The number of carbonyl (C=O) groups is 1. The zero-order valence-electron chi connectivity index (χ0n) is 10.9. The molecule has 2 aliphatic rings. The highest BCUT2D eigenvalue weighted by atomic mass is 16.5. The molecule has 0 aliphatic carbocycles. The molecule has 2 saturated heterocycles. The van der Waals surface area contributed by atoms with Crippen molar-refractivity contribution in [3.05, 3.63) is 0 Å². The molecule has 98 valence electrons. The summed E-state index contributed by atoms with van der Waals surface area (Å²) in [6, 6.07) is -0.0175. The van der Waals surface area contributed by atoms with E-state index in [9.17, 15) is 4.79 Å². The zero-order valence-corrected chi connectivity index (χ0v) is 10.9. The van der Waals surface area contributed by atoms with Crippen molar-refractivity contribution >= 4 is 5.91 Å². The van der Waals surface area contributed by atoms with Gasteiger partial charge in [-0.3, -0.25) is 10.1 Å². The fraction of sp³-hybridized carbons (Fsp3) is 0.923. The molecule has 3 unspecified atom stereocenters. The lowest BCUT2D eigenvalue weighted by Crippen LogP contribution is -2.38. The molecule has 0 aromatic heterocycles. The van der Waals surface area contributed by atoms with Gasteiger partial charge in [-0.1, -0.05) is 13.3 Å². The first-order valence-corrected chi connectivity index (χ1v) is 6.90. The number of nitrogens with zero attached hydrogens (tertiary/aromatic N) is 1. The van der Waals surface area contributed by atoms with Crippen LogP contribution in [0.1, 0.15) is 46.0 Å². The van der Waals surface area contributed by atoms with Gasteiger partial charge in [0.15, 0.2) is 0 Å². The van der Waals surface area contributed by atoms with Crippen LogP contribution in [0.25, 0.3) is 0 Å². The summed E-state index contributed by atoms with van der Waals surface area (Å²) >= 11 is 0. The third-order valence-corrected chi connectivity index (χ3v) is 3.75. The van der Waals surface area contributed by atoms with Crippen molar-refractivity contribution in [2.24, 2.45) is 0 Å². The van der Waals surface area contributed by atoms with E-state index in [4.69, 9.17) is 4.74 Å². The third-order valence-electron chi connectivity index (χ3n) is 3.75. The van der Waals surface area contributed by atoms with E-state index in [2.05, 4.69) is 12.2 Å². The summed E-state index contributed by atoms with van der Waals surface area (Å²) in [6.07, 6.45) is 6.08. The van der Waals surface area contributed by atoms with Crippen LogP contribution >= 0.6 is 0 Å². The standard InChI is InChI=1S/C13H24N2O2/c1-3-5-12-14-10(2)13(16)15(12)8-7-11-6-4-9-17-11/h10-12,14H,3-9H2,1-2H3. The summed E-state index contributed by atoms with van der Waals surface area (Å²) in [4.78, 5) is 14.0. The fourth-order valence-electron chi connectivity index (χ4n) is 2.79. The summed E-state index contributed by atoms with van der Waals surface area (Å²) < 4.78 is 5.61. The lowest BCUT2D eigenvalue weighted by molar-refractivity contribution is -0.130. The smallest absolute Gasteiger partial charge is 0.240 e. The second-order valence-corrected chi connectivity index (χ2v) is 5.15. The fourth-order valence-corrected chi connectivity index (χ4v) is 2.79. The van der Waals surface area contributed by atoms with E-state index in [1.807, 2.05) is 11.8 Å². The Balaban J connectivity index is 1.84. The maximum atomic E-state index is 12.0. The Kier molecular flexibility index (Phi) is 4.40. The highest BCUT2D eigenvalue weighted by Crippen LogP contribution is 2.19. The van der Waals surface area contributed by atoms with Crippen molar-refractivity contribution in [1.29, 1.82) is 0 Å². The molecule has 0 spiro atoms. The summed E-state index contributed by atoms with van der Waals surface area (Å²) in [5.41, 5.74) is 0. The van der Waals surface area contributed by atoms with Crippen LogP contribution in [-0.2, 0) is 9.53 Å². The average Bonchev–Trinajstić information content (AvgIpc) is 2.89. The highest BCUT2D eigenvalue weighted by Gasteiger charge is 2.35. The van der Waals surface area contributed by atoms with Crippen LogP contribution < -0.4 is 5.32 Å². The second-order valence-electron chi connectivity index (χ2n) is 5.15. The monoisotopic (exact) mass is 240 g/mol. The first-order valence-electron chi connectivity index (χ1n) is 6.90. The summed E-state index contributed by atoms with van der Waals surface area (Å²) in [6.45, 7) is 5.85. The molecule has 17 heavy (non-hydrogen) atoms. The minimum atomic E-state index is -0.0175.